The molecule has 1 aromatic heterocycles. The lowest BCUT2D eigenvalue weighted by atomic mass is 9.84. The van der Waals surface area contributed by atoms with Gasteiger partial charge in [0.2, 0.25) is 5.96 Å². The third-order valence-corrected chi connectivity index (χ3v) is 4.96. The zero-order chi connectivity index (χ0) is 20.4. The Balaban J connectivity index is 1.76. The van der Waals surface area contributed by atoms with Crippen LogP contribution in [0.3, 0.4) is 0 Å². The number of aromatic nitrogens is 1. The summed E-state index contributed by atoms with van der Waals surface area (Å²) in [6.45, 7) is 3.56. The standard InChI is InChI=1S/C22H22N4O3/c1-4-15-19(13(2)27)20(14-9-5-7-11-17(14)28-3)25-21(23-15)26-22-24-16-10-6-8-12-18(16)29-22/h5-12,19-20H,4H2,1-3H3,(H,24,25,26). The molecule has 0 saturated heterocycles. The number of hydrogen-bond acceptors (Lipinski definition) is 7. The number of ketones is 1. The number of nitrogens with zero attached hydrogens (tertiary/aromatic N) is 3. The van der Waals surface area contributed by atoms with E-state index in [1.807, 2.05) is 55.5 Å². The number of guanidine groups is 1. The Kier molecular flexibility index (Phi) is 5.12. The Morgan fingerprint density at radius 1 is 1.17 bits per heavy atom. The highest BCUT2D eigenvalue weighted by Crippen LogP contribution is 2.37. The van der Waals surface area contributed by atoms with Crippen LogP contribution in [-0.4, -0.2) is 29.5 Å². The van der Waals surface area contributed by atoms with E-state index in [4.69, 9.17) is 14.1 Å². The van der Waals surface area contributed by atoms with Gasteiger partial charge < -0.3 is 9.15 Å². The van der Waals surface area contributed by atoms with E-state index in [0.29, 0.717) is 29.7 Å². The summed E-state index contributed by atoms with van der Waals surface area (Å²) in [5, 5.41) is 3.06. The van der Waals surface area contributed by atoms with E-state index < -0.39 is 12.0 Å². The van der Waals surface area contributed by atoms with Gasteiger partial charge in [0.15, 0.2) is 5.58 Å². The molecule has 7 heteroatoms. The van der Waals surface area contributed by atoms with Gasteiger partial charge in [-0.05, 0) is 31.5 Å². The number of benzene rings is 2. The maximum absolute atomic E-state index is 12.5. The minimum Gasteiger partial charge on any atom is -0.496 e. The van der Waals surface area contributed by atoms with Crippen LogP contribution in [0.15, 0.2) is 62.9 Å². The summed E-state index contributed by atoms with van der Waals surface area (Å²) in [6.07, 6.45) is 0.629. The summed E-state index contributed by atoms with van der Waals surface area (Å²) in [7, 11) is 1.61. The first-order valence-corrected chi connectivity index (χ1v) is 9.52. The van der Waals surface area contributed by atoms with Crippen LogP contribution in [0.5, 0.6) is 5.75 Å². The molecular weight excluding hydrogens is 368 g/mol. The first kappa shape index (κ1) is 18.9. The molecule has 2 aromatic carbocycles. The molecule has 148 valence electrons. The molecule has 1 aliphatic heterocycles. The summed E-state index contributed by atoms with van der Waals surface area (Å²) in [6, 6.07) is 15.0. The number of ether oxygens (including phenoxy) is 1. The largest absolute Gasteiger partial charge is 0.496 e. The number of carbonyl (C=O) groups excluding carboxylic acids is 1. The van der Waals surface area contributed by atoms with Crippen LogP contribution in [0, 0.1) is 5.92 Å². The van der Waals surface area contributed by atoms with Crippen molar-refractivity contribution in [2.45, 2.75) is 26.3 Å². The van der Waals surface area contributed by atoms with Crippen LogP contribution in [0.2, 0.25) is 0 Å². The second-order valence-electron chi connectivity index (χ2n) is 6.80. The van der Waals surface area contributed by atoms with Crippen LogP contribution in [0.4, 0.5) is 6.01 Å². The van der Waals surface area contributed by atoms with Crippen molar-refractivity contribution in [3.05, 3.63) is 54.1 Å². The first-order chi connectivity index (χ1) is 14.1. The summed E-state index contributed by atoms with van der Waals surface area (Å²) < 4.78 is 11.3. The van der Waals surface area contributed by atoms with Crippen molar-refractivity contribution >= 4 is 34.6 Å². The zero-order valence-electron chi connectivity index (χ0n) is 16.5. The van der Waals surface area contributed by atoms with Crippen molar-refractivity contribution in [3.8, 4) is 5.75 Å². The molecule has 0 bridgehead atoms. The van der Waals surface area contributed by atoms with Crippen molar-refractivity contribution in [2.75, 3.05) is 12.4 Å². The molecule has 0 amide bonds. The predicted molar refractivity (Wildman–Crippen MR) is 113 cm³/mol. The number of nitrogens with one attached hydrogen (secondary N) is 1. The molecule has 2 unspecified atom stereocenters. The monoisotopic (exact) mass is 390 g/mol. The van der Waals surface area contributed by atoms with Crippen LogP contribution in [0.1, 0.15) is 31.9 Å². The molecule has 7 nitrogen and oxygen atoms in total. The van der Waals surface area contributed by atoms with E-state index in [2.05, 4.69) is 15.3 Å². The van der Waals surface area contributed by atoms with E-state index >= 15 is 0 Å². The van der Waals surface area contributed by atoms with Gasteiger partial charge in [-0.15, -0.1) is 0 Å². The lowest BCUT2D eigenvalue weighted by Gasteiger charge is -2.28. The van der Waals surface area contributed by atoms with Crippen LogP contribution >= 0.6 is 0 Å². The number of Topliss-reactive ketones (excluding diaryl/α,β-unsaturated/α-hetero) is 1. The van der Waals surface area contributed by atoms with Crippen LogP contribution in [-0.2, 0) is 4.79 Å². The van der Waals surface area contributed by atoms with E-state index in [-0.39, 0.29) is 5.78 Å². The molecule has 0 spiro atoms. The number of carbonyl (C=O) groups is 1. The Bertz CT molecular complexity index is 1080. The van der Waals surface area contributed by atoms with Crippen LogP contribution in [0.25, 0.3) is 11.1 Å². The molecule has 0 aliphatic carbocycles. The van der Waals surface area contributed by atoms with Crippen molar-refractivity contribution < 1.29 is 13.9 Å². The lowest BCUT2D eigenvalue weighted by Crippen LogP contribution is -2.34. The van der Waals surface area contributed by atoms with Crippen molar-refractivity contribution in [2.24, 2.45) is 15.9 Å². The normalized spacial score (nSPS) is 18.9. The van der Waals surface area contributed by atoms with Gasteiger partial charge >= 0.3 is 6.01 Å². The number of aliphatic imine (C=N–C) groups is 2. The first-order valence-electron chi connectivity index (χ1n) is 9.52. The predicted octanol–water partition coefficient (Wildman–Crippen LogP) is 4.42. The van der Waals surface area contributed by atoms with E-state index in [1.165, 1.54) is 0 Å². The van der Waals surface area contributed by atoms with Crippen molar-refractivity contribution in [1.29, 1.82) is 0 Å². The molecule has 0 saturated carbocycles. The molecule has 2 heterocycles. The topological polar surface area (TPSA) is 89.1 Å². The van der Waals surface area contributed by atoms with Crippen molar-refractivity contribution in [3.63, 3.8) is 0 Å². The van der Waals surface area contributed by atoms with Gasteiger partial charge in [-0.3, -0.25) is 10.1 Å². The second kappa shape index (κ2) is 7.87. The van der Waals surface area contributed by atoms with E-state index in [9.17, 15) is 4.79 Å². The Labute approximate surface area is 168 Å². The Morgan fingerprint density at radius 3 is 2.66 bits per heavy atom. The van der Waals surface area contributed by atoms with E-state index in [1.54, 1.807) is 14.0 Å². The quantitative estimate of drug-likeness (QED) is 0.697. The highest BCUT2D eigenvalue weighted by Gasteiger charge is 2.36. The molecule has 4 rings (SSSR count). The van der Waals surface area contributed by atoms with Gasteiger partial charge in [-0.1, -0.05) is 37.3 Å². The fourth-order valence-electron chi connectivity index (χ4n) is 3.62. The van der Waals surface area contributed by atoms with Gasteiger partial charge in [0.05, 0.1) is 19.1 Å². The molecule has 1 N–H and O–H groups in total. The highest BCUT2D eigenvalue weighted by molar-refractivity contribution is 6.13. The Hall–Kier alpha value is -3.48. The van der Waals surface area contributed by atoms with Gasteiger partial charge in [0.1, 0.15) is 17.0 Å². The summed E-state index contributed by atoms with van der Waals surface area (Å²) in [4.78, 5) is 26.3. The van der Waals surface area contributed by atoms with Gasteiger partial charge in [0, 0.05) is 11.3 Å². The molecule has 29 heavy (non-hydrogen) atoms. The summed E-state index contributed by atoms with van der Waals surface area (Å²) in [5.41, 5.74) is 3.03. The number of oxazole rings is 1. The molecule has 0 fully saturated rings. The third kappa shape index (κ3) is 3.63. The number of rotatable bonds is 5. The zero-order valence-corrected chi connectivity index (χ0v) is 16.5. The van der Waals surface area contributed by atoms with E-state index in [0.717, 1.165) is 16.8 Å². The SMILES string of the molecule is CCC1=NC(Nc2nc3ccccc3o2)=NC(c2ccccc2OC)C1C(C)=O. The fourth-order valence-corrected chi connectivity index (χ4v) is 3.62. The maximum Gasteiger partial charge on any atom is 0.302 e. The maximum atomic E-state index is 12.5. The summed E-state index contributed by atoms with van der Waals surface area (Å²) >= 11 is 0. The van der Waals surface area contributed by atoms with Gasteiger partial charge in [-0.2, -0.15) is 4.98 Å². The number of fused-ring (bicyclic) bond motifs is 1. The average Bonchev–Trinajstić information content (AvgIpc) is 3.15. The Morgan fingerprint density at radius 2 is 1.93 bits per heavy atom. The number of para-hydroxylation sites is 3. The fraction of sp³-hybridized carbons (Fsp3) is 0.273. The lowest BCUT2D eigenvalue weighted by molar-refractivity contribution is -0.119. The van der Waals surface area contributed by atoms with Gasteiger partial charge in [-0.25, -0.2) is 9.98 Å². The number of hydrogen-bond donors (Lipinski definition) is 1. The number of anilines is 1. The smallest absolute Gasteiger partial charge is 0.302 e. The molecule has 3 aromatic rings. The van der Waals surface area contributed by atoms with Gasteiger partial charge in [0.25, 0.3) is 0 Å². The molecular formula is C22H22N4O3. The van der Waals surface area contributed by atoms with Crippen LogP contribution < -0.4 is 10.1 Å². The summed E-state index contributed by atoms with van der Waals surface area (Å²) in [5.74, 6) is 0.629. The minimum absolute atomic E-state index is 0.0196. The number of methoxy groups -OCH3 is 1. The third-order valence-electron chi connectivity index (χ3n) is 4.96. The van der Waals surface area contributed by atoms with Crippen molar-refractivity contribution in [1.82, 2.24) is 4.98 Å². The molecule has 2 atom stereocenters. The highest BCUT2D eigenvalue weighted by atomic mass is 16.5. The molecule has 0 radical (unpaired) electrons. The average molecular weight is 390 g/mol. The minimum atomic E-state index is -0.442. The molecule has 1 aliphatic rings. The second-order valence-corrected chi connectivity index (χ2v) is 6.80.